The normalized spacial score (nSPS) is 12.4. The van der Waals surface area contributed by atoms with Gasteiger partial charge in [-0.25, -0.2) is 0 Å². The molecule has 1 unspecified atom stereocenters. The molecule has 0 aliphatic heterocycles. The van der Waals surface area contributed by atoms with Crippen LogP contribution in [0, 0.1) is 0 Å². The van der Waals surface area contributed by atoms with E-state index < -0.39 is 0 Å². The van der Waals surface area contributed by atoms with E-state index in [1.54, 1.807) is 6.20 Å². The van der Waals surface area contributed by atoms with Crippen LogP contribution in [0.4, 0.5) is 0 Å². The minimum atomic E-state index is -0.0308. The van der Waals surface area contributed by atoms with Gasteiger partial charge in [0.1, 0.15) is 0 Å². The number of nitrogens with two attached hydrogens (primary N) is 1. The van der Waals surface area contributed by atoms with Crippen LogP contribution < -0.4 is 11.1 Å². The van der Waals surface area contributed by atoms with Gasteiger partial charge in [0.2, 0.25) is 5.91 Å². The zero-order valence-corrected chi connectivity index (χ0v) is 8.99. The fourth-order valence-electron chi connectivity index (χ4n) is 1.36. The van der Waals surface area contributed by atoms with Crippen molar-refractivity contribution in [1.29, 1.82) is 0 Å². The smallest absolute Gasteiger partial charge is 0.221 e. The first-order chi connectivity index (χ1) is 7.22. The Labute approximate surface area is 89.4 Å². The Balaban J connectivity index is 2.19. The second kappa shape index (κ2) is 6.19. The van der Waals surface area contributed by atoms with E-state index in [0.29, 0.717) is 13.0 Å². The van der Waals surface area contributed by atoms with E-state index in [0.717, 1.165) is 18.5 Å². The van der Waals surface area contributed by atoms with Crippen molar-refractivity contribution in [2.24, 2.45) is 5.73 Å². The summed E-state index contributed by atoms with van der Waals surface area (Å²) in [5.74, 6) is -0.00875. The zero-order chi connectivity index (χ0) is 11.1. The van der Waals surface area contributed by atoms with Gasteiger partial charge in [0, 0.05) is 18.7 Å². The Morgan fingerprint density at radius 3 is 3.13 bits per heavy atom. The average molecular weight is 210 g/mol. The van der Waals surface area contributed by atoms with Gasteiger partial charge in [0.05, 0.1) is 12.2 Å². The summed E-state index contributed by atoms with van der Waals surface area (Å²) in [5.41, 5.74) is 6.65. The molecule has 1 rings (SSSR count). The SMILES string of the molecule is CCCC(N)CC(=O)NCc1ccn[nH]1. The summed E-state index contributed by atoms with van der Waals surface area (Å²) in [6, 6.07) is 1.79. The maximum atomic E-state index is 11.4. The highest BCUT2D eigenvalue weighted by molar-refractivity contribution is 5.76. The molecule has 0 aliphatic rings. The molecule has 5 heteroatoms. The van der Waals surface area contributed by atoms with Crippen molar-refractivity contribution < 1.29 is 4.79 Å². The standard InChI is InChI=1S/C10H18N4O/c1-2-3-8(11)6-10(15)12-7-9-4-5-13-14-9/h4-5,8H,2-3,6-7,11H2,1H3,(H,12,15)(H,13,14). The van der Waals surface area contributed by atoms with Gasteiger partial charge in [-0.3, -0.25) is 9.89 Å². The maximum absolute atomic E-state index is 11.4. The molecule has 0 spiro atoms. The Morgan fingerprint density at radius 2 is 2.53 bits per heavy atom. The summed E-state index contributed by atoms with van der Waals surface area (Å²) in [4.78, 5) is 11.4. The molecular weight excluding hydrogens is 192 g/mol. The lowest BCUT2D eigenvalue weighted by molar-refractivity contribution is -0.121. The molecule has 5 nitrogen and oxygen atoms in total. The first-order valence-corrected chi connectivity index (χ1v) is 5.23. The van der Waals surface area contributed by atoms with Crippen molar-refractivity contribution >= 4 is 5.91 Å². The van der Waals surface area contributed by atoms with Crippen LogP contribution in [0.5, 0.6) is 0 Å². The quantitative estimate of drug-likeness (QED) is 0.641. The Morgan fingerprint density at radius 1 is 1.73 bits per heavy atom. The monoisotopic (exact) mass is 210 g/mol. The molecule has 1 heterocycles. The molecule has 1 aromatic heterocycles. The van der Waals surface area contributed by atoms with Gasteiger partial charge in [0.25, 0.3) is 0 Å². The first-order valence-electron chi connectivity index (χ1n) is 5.23. The Bertz CT molecular complexity index is 284. The predicted molar refractivity (Wildman–Crippen MR) is 57.9 cm³/mol. The van der Waals surface area contributed by atoms with Crippen LogP contribution >= 0.6 is 0 Å². The molecule has 84 valence electrons. The van der Waals surface area contributed by atoms with Crippen LogP contribution in [-0.4, -0.2) is 22.1 Å². The fraction of sp³-hybridized carbons (Fsp3) is 0.600. The van der Waals surface area contributed by atoms with Crippen LogP contribution in [0.25, 0.3) is 0 Å². The average Bonchev–Trinajstić information content (AvgIpc) is 2.67. The summed E-state index contributed by atoms with van der Waals surface area (Å²) >= 11 is 0. The van der Waals surface area contributed by atoms with Crippen LogP contribution in [0.3, 0.4) is 0 Å². The number of carbonyl (C=O) groups excluding carboxylic acids is 1. The lowest BCUT2D eigenvalue weighted by Crippen LogP contribution is -2.31. The third-order valence-electron chi connectivity index (χ3n) is 2.14. The lowest BCUT2D eigenvalue weighted by atomic mass is 10.1. The van der Waals surface area contributed by atoms with Crippen LogP contribution in [0.2, 0.25) is 0 Å². The topological polar surface area (TPSA) is 83.8 Å². The van der Waals surface area contributed by atoms with Crippen molar-refractivity contribution in [3.63, 3.8) is 0 Å². The fourth-order valence-corrected chi connectivity index (χ4v) is 1.36. The van der Waals surface area contributed by atoms with E-state index >= 15 is 0 Å². The summed E-state index contributed by atoms with van der Waals surface area (Å²) in [7, 11) is 0. The minimum absolute atomic E-state index is 0.00875. The summed E-state index contributed by atoms with van der Waals surface area (Å²) in [6.45, 7) is 2.54. The van der Waals surface area contributed by atoms with E-state index in [-0.39, 0.29) is 11.9 Å². The number of aromatic amines is 1. The highest BCUT2D eigenvalue weighted by Crippen LogP contribution is 1.98. The molecule has 15 heavy (non-hydrogen) atoms. The summed E-state index contributed by atoms with van der Waals surface area (Å²) < 4.78 is 0. The van der Waals surface area contributed by atoms with Gasteiger partial charge in [-0.1, -0.05) is 13.3 Å². The molecule has 1 aromatic rings. The molecular formula is C10H18N4O. The van der Waals surface area contributed by atoms with Crippen molar-refractivity contribution in [2.45, 2.75) is 38.8 Å². The van der Waals surface area contributed by atoms with Crippen molar-refractivity contribution in [3.05, 3.63) is 18.0 Å². The number of amides is 1. The summed E-state index contributed by atoms with van der Waals surface area (Å²) in [6.07, 6.45) is 3.94. The molecule has 1 amide bonds. The third kappa shape index (κ3) is 4.60. The van der Waals surface area contributed by atoms with Crippen molar-refractivity contribution in [3.8, 4) is 0 Å². The molecule has 0 aliphatic carbocycles. The van der Waals surface area contributed by atoms with Crippen LogP contribution in [0.1, 0.15) is 31.9 Å². The molecule has 0 saturated carbocycles. The molecule has 0 saturated heterocycles. The lowest BCUT2D eigenvalue weighted by Gasteiger charge is -2.09. The predicted octanol–water partition coefficient (Wildman–Crippen LogP) is 0.543. The number of nitrogens with zero attached hydrogens (tertiary/aromatic N) is 1. The number of nitrogens with one attached hydrogen (secondary N) is 2. The van der Waals surface area contributed by atoms with E-state index in [1.165, 1.54) is 0 Å². The Kier molecular flexibility index (Phi) is 4.83. The molecule has 1 atom stereocenters. The second-order valence-electron chi connectivity index (χ2n) is 3.61. The van der Waals surface area contributed by atoms with Crippen molar-refractivity contribution in [1.82, 2.24) is 15.5 Å². The van der Waals surface area contributed by atoms with Gasteiger partial charge in [-0.2, -0.15) is 5.10 Å². The van der Waals surface area contributed by atoms with Gasteiger partial charge >= 0.3 is 0 Å². The molecule has 0 fully saturated rings. The van der Waals surface area contributed by atoms with Crippen molar-refractivity contribution in [2.75, 3.05) is 0 Å². The molecule has 0 aromatic carbocycles. The summed E-state index contributed by atoms with van der Waals surface area (Å²) in [5, 5.41) is 9.35. The van der Waals surface area contributed by atoms with E-state index in [2.05, 4.69) is 22.4 Å². The number of carbonyl (C=O) groups is 1. The number of hydrogen-bond donors (Lipinski definition) is 3. The maximum Gasteiger partial charge on any atom is 0.221 e. The van der Waals surface area contributed by atoms with E-state index in [4.69, 9.17) is 5.73 Å². The molecule has 0 bridgehead atoms. The van der Waals surface area contributed by atoms with Crippen LogP contribution in [0.15, 0.2) is 12.3 Å². The first kappa shape index (κ1) is 11.7. The van der Waals surface area contributed by atoms with Crippen LogP contribution in [-0.2, 0) is 11.3 Å². The highest BCUT2D eigenvalue weighted by Gasteiger charge is 2.08. The number of aromatic nitrogens is 2. The molecule has 0 radical (unpaired) electrons. The largest absolute Gasteiger partial charge is 0.350 e. The second-order valence-corrected chi connectivity index (χ2v) is 3.61. The minimum Gasteiger partial charge on any atom is -0.350 e. The third-order valence-corrected chi connectivity index (χ3v) is 2.14. The van der Waals surface area contributed by atoms with E-state index in [1.807, 2.05) is 6.07 Å². The van der Waals surface area contributed by atoms with Gasteiger partial charge in [-0.05, 0) is 12.5 Å². The zero-order valence-electron chi connectivity index (χ0n) is 8.99. The number of H-pyrrole nitrogens is 1. The number of hydrogen-bond acceptors (Lipinski definition) is 3. The highest BCUT2D eigenvalue weighted by atomic mass is 16.1. The van der Waals surface area contributed by atoms with Gasteiger partial charge < -0.3 is 11.1 Å². The van der Waals surface area contributed by atoms with Gasteiger partial charge in [0.15, 0.2) is 0 Å². The van der Waals surface area contributed by atoms with Gasteiger partial charge in [-0.15, -0.1) is 0 Å². The Hall–Kier alpha value is -1.36. The number of rotatable bonds is 6. The van der Waals surface area contributed by atoms with E-state index in [9.17, 15) is 4.79 Å². The molecule has 4 N–H and O–H groups in total.